The molecule has 0 bridgehead atoms. The fraction of sp³-hybridized carbons (Fsp3) is 0.250. The molecular weight excluding hydrogens is 414 g/mol. The number of benzene rings is 2. The minimum atomic E-state index is -0.376. The molecule has 0 saturated carbocycles. The Morgan fingerprint density at radius 1 is 0.968 bits per heavy atom. The van der Waals surface area contributed by atoms with Gasteiger partial charge in [-0.2, -0.15) is 0 Å². The van der Waals surface area contributed by atoms with Gasteiger partial charge < -0.3 is 19.5 Å². The summed E-state index contributed by atoms with van der Waals surface area (Å²) in [5.74, 6) is 0.481. The van der Waals surface area contributed by atoms with Gasteiger partial charge in [0.2, 0.25) is 0 Å². The van der Waals surface area contributed by atoms with E-state index in [9.17, 15) is 9.59 Å². The topological polar surface area (TPSA) is 73.9 Å². The molecule has 0 aliphatic carbocycles. The second kappa shape index (κ2) is 9.66. The molecule has 1 amide bonds. The molecule has 0 atom stereocenters. The van der Waals surface area contributed by atoms with Crippen molar-refractivity contribution < 1.29 is 23.8 Å². The van der Waals surface area contributed by atoms with Crippen molar-refractivity contribution in [1.82, 2.24) is 0 Å². The quantitative estimate of drug-likeness (QED) is 0.491. The number of ether oxygens (including phenoxy) is 3. The van der Waals surface area contributed by atoms with Gasteiger partial charge in [0.1, 0.15) is 11.5 Å². The molecule has 0 radical (unpaired) electrons. The summed E-state index contributed by atoms with van der Waals surface area (Å²) >= 11 is 1.36. The molecule has 0 spiro atoms. The number of nitrogens with one attached hydrogen (secondary N) is 1. The highest BCUT2D eigenvalue weighted by atomic mass is 32.1. The Labute approximate surface area is 185 Å². The summed E-state index contributed by atoms with van der Waals surface area (Å²) in [5.41, 5.74) is 1.74. The number of hydrogen-bond acceptors (Lipinski definition) is 6. The van der Waals surface area contributed by atoms with Gasteiger partial charge in [-0.25, -0.2) is 4.79 Å². The fourth-order valence-electron chi connectivity index (χ4n) is 2.98. The highest BCUT2D eigenvalue weighted by Crippen LogP contribution is 2.29. The first-order valence-electron chi connectivity index (χ1n) is 9.68. The predicted octanol–water partition coefficient (Wildman–Crippen LogP) is 5.15. The van der Waals surface area contributed by atoms with Crippen LogP contribution in [0.1, 0.15) is 39.4 Å². The molecule has 3 aromatic rings. The van der Waals surface area contributed by atoms with Crippen LogP contribution in [0.25, 0.3) is 0 Å². The van der Waals surface area contributed by atoms with Crippen molar-refractivity contribution in [2.75, 3.05) is 26.1 Å². The van der Waals surface area contributed by atoms with Crippen molar-refractivity contribution in [1.29, 1.82) is 0 Å². The van der Waals surface area contributed by atoms with Gasteiger partial charge in [0.25, 0.3) is 5.91 Å². The smallest absolute Gasteiger partial charge is 0.348 e. The molecule has 162 valence electrons. The average molecular weight is 440 g/mol. The summed E-state index contributed by atoms with van der Waals surface area (Å²) in [5, 5.41) is 4.72. The van der Waals surface area contributed by atoms with Crippen molar-refractivity contribution in [2.45, 2.75) is 19.3 Å². The number of amides is 1. The van der Waals surface area contributed by atoms with Crippen LogP contribution >= 0.6 is 11.3 Å². The normalized spacial score (nSPS) is 11.0. The van der Waals surface area contributed by atoms with Crippen LogP contribution in [0.3, 0.4) is 0 Å². The minimum Gasteiger partial charge on any atom is -0.493 e. The molecule has 0 aliphatic rings. The Kier molecular flexibility index (Phi) is 6.97. The van der Waals surface area contributed by atoms with Crippen molar-refractivity contribution in [3.05, 3.63) is 76.0 Å². The van der Waals surface area contributed by atoms with Crippen LogP contribution in [0.4, 0.5) is 5.69 Å². The van der Waals surface area contributed by atoms with E-state index in [2.05, 4.69) is 5.32 Å². The molecule has 1 N–H and O–H groups in total. The number of esters is 1. The van der Waals surface area contributed by atoms with E-state index in [1.54, 1.807) is 31.4 Å². The molecule has 1 heterocycles. The molecule has 2 aromatic carbocycles. The van der Waals surface area contributed by atoms with Crippen molar-refractivity contribution in [3.8, 4) is 11.5 Å². The largest absolute Gasteiger partial charge is 0.493 e. The monoisotopic (exact) mass is 439 g/mol. The molecule has 1 aromatic heterocycles. The van der Waals surface area contributed by atoms with E-state index in [4.69, 9.17) is 14.2 Å². The second-order valence-electron chi connectivity index (χ2n) is 7.54. The lowest BCUT2D eigenvalue weighted by Gasteiger charge is -2.25. The molecule has 0 unspecified atom stereocenters. The lowest BCUT2D eigenvalue weighted by Crippen LogP contribution is -2.26. The molecule has 6 nitrogen and oxygen atoms in total. The number of thiophene rings is 1. The third-order valence-corrected chi connectivity index (χ3v) is 5.71. The molecule has 3 rings (SSSR count). The van der Waals surface area contributed by atoms with E-state index in [0.717, 1.165) is 5.56 Å². The van der Waals surface area contributed by atoms with Crippen molar-refractivity contribution >= 4 is 28.9 Å². The lowest BCUT2D eigenvalue weighted by atomic mass is 9.85. The summed E-state index contributed by atoms with van der Waals surface area (Å²) in [7, 11) is 3.07. The van der Waals surface area contributed by atoms with E-state index >= 15 is 0 Å². The van der Waals surface area contributed by atoms with E-state index in [0.29, 0.717) is 27.6 Å². The molecule has 0 aliphatic heterocycles. The second-order valence-corrected chi connectivity index (χ2v) is 8.49. The highest BCUT2D eigenvalue weighted by Gasteiger charge is 2.23. The van der Waals surface area contributed by atoms with Gasteiger partial charge in [-0.1, -0.05) is 32.0 Å². The zero-order chi connectivity index (χ0) is 22.4. The SMILES string of the molecule is COc1ccc(C(=O)Nc2ccc(C(C)(C)COC(=O)c3cccs3)cc2)cc1OC. The van der Waals surface area contributed by atoms with Crippen LogP contribution in [-0.4, -0.2) is 32.7 Å². The van der Waals surface area contributed by atoms with Gasteiger partial charge in [-0.15, -0.1) is 11.3 Å². The zero-order valence-corrected chi connectivity index (χ0v) is 18.7. The Bertz CT molecular complexity index is 1040. The van der Waals surface area contributed by atoms with Crippen LogP contribution in [0.15, 0.2) is 60.0 Å². The first-order chi connectivity index (χ1) is 14.8. The van der Waals surface area contributed by atoms with Crippen LogP contribution in [0.2, 0.25) is 0 Å². The van der Waals surface area contributed by atoms with Crippen LogP contribution in [-0.2, 0) is 10.2 Å². The van der Waals surface area contributed by atoms with Gasteiger partial charge in [-0.05, 0) is 47.3 Å². The summed E-state index contributed by atoms with van der Waals surface area (Å²) < 4.78 is 15.9. The number of anilines is 1. The Morgan fingerprint density at radius 3 is 2.29 bits per heavy atom. The van der Waals surface area contributed by atoms with E-state index in [1.807, 2.05) is 49.6 Å². The van der Waals surface area contributed by atoms with Crippen LogP contribution in [0.5, 0.6) is 11.5 Å². The van der Waals surface area contributed by atoms with Gasteiger partial charge in [0.15, 0.2) is 11.5 Å². The van der Waals surface area contributed by atoms with Crippen LogP contribution < -0.4 is 14.8 Å². The molecule has 31 heavy (non-hydrogen) atoms. The first kappa shape index (κ1) is 22.4. The lowest BCUT2D eigenvalue weighted by molar-refractivity contribution is 0.0432. The Balaban J connectivity index is 1.64. The summed E-state index contributed by atoms with van der Waals surface area (Å²) in [6, 6.07) is 16.1. The van der Waals surface area contributed by atoms with Gasteiger partial charge in [-0.3, -0.25) is 4.79 Å². The summed E-state index contributed by atoms with van der Waals surface area (Å²) in [6.45, 7) is 4.26. The Hall–Kier alpha value is -3.32. The van der Waals surface area contributed by atoms with Gasteiger partial charge in [0.05, 0.1) is 14.2 Å². The van der Waals surface area contributed by atoms with Crippen molar-refractivity contribution in [3.63, 3.8) is 0 Å². The van der Waals surface area contributed by atoms with Gasteiger partial charge in [0, 0.05) is 16.7 Å². The minimum absolute atomic E-state index is 0.251. The number of rotatable bonds is 8. The standard InChI is InChI=1S/C24H25NO5S/c1-24(2,15-30-23(27)21-6-5-13-31-21)17-8-10-18(11-9-17)25-22(26)16-7-12-19(28-3)20(14-16)29-4/h5-14H,15H2,1-4H3,(H,25,26). The summed E-state index contributed by atoms with van der Waals surface area (Å²) in [6.07, 6.45) is 0. The molecule has 0 saturated heterocycles. The van der Waals surface area contributed by atoms with Crippen molar-refractivity contribution in [2.24, 2.45) is 0 Å². The summed E-state index contributed by atoms with van der Waals surface area (Å²) in [4.78, 5) is 25.3. The zero-order valence-electron chi connectivity index (χ0n) is 17.9. The predicted molar refractivity (Wildman–Crippen MR) is 122 cm³/mol. The van der Waals surface area contributed by atoms with E-state index in [1.165, 1.54) is 18.4 Å². The number of methoxy groups -OCH3 is 2. The van der Waals surface area contributed by atoms with Crippen LogP contribution in [0, 0.1) is 0 Å². The fourth-order valence-corrected chi connectivity index (χ4v) is 3.60. The third kappa shape index (κ3) is 5.44. The molecule has 0 fully saturated rings. The third-order valence-electron chi connectivity index (χ3n) is 4.86. The highest BCUT2D eigenvalue weighted by molar-refractivity contribution is 7.11. The van der Waals surface area contributed by atoms with E-state index < -0.39 is 0 Å². The number of hydrogen-bond donors (Lipinski definition) is 1. The maximum atomic E-state index is 12.6. The number of carbonyl (C=O) groups excluding carboxylic acids is 2. The molecule has 7 heteroatoms. The van der Waals surface area contributed by atoms with Gasteiger partial charge >= 0.3 is 5.97 Å². The maximum Gasteiger partial charge on any atom is 0.348 e. The first-order valence-corrected chi connectivity index (χ1v) is 10.6. The maximum absolute atomic E-state index is 12.6. The Morgan fingerprint density at radius 2 is 1.68 bits per heavy atom. The number of carbonyl (C=O) groups is 2. The average Bonchev–Trinajstić information content (AvgIpc) is 3.32. The van der Waals surface area contributed by atoms with E-state index in [-0.39, 0.29) is 23.9 Å². The molecular formula is C24H25NO5S.